The van der Waals surface area contributed by atoms with Gasteiger partial charge in [-0.2, -0.15) is 0 Å². The predicted molar refractivity (Wildman–Crippen MR) is 117 cm³/mol. The largest absolute Gasteiger partial charge is 0.487 e. The zero-order valence-corrected chi connectivity index (χ0v) is 17.5. The van der Waals surface area contributed by atoms with Crippen molar-refractivity contribution in [3.05, 3.63) is 106 Å². The number of rotatable bonds is 9. The Bertz CT molecular complexity index is 1100. The third-order valence-corrected chi connectivity index (χ3v) is 4.98. The summed E-state index contributed by atoms with van der Waals surface area (Å²) in [5.74, 6) is 0.914. The first-order valence-electron chi connectivity index (χ1n) is 9.65. The highest BCUT2D eigenvalue weighted by Gasteiger charge is 2.09. The molecule has 4 aromatic rings. The smallest absolute Gasteiger partial charge is 0.338 e. The maximum Gasteiger partial charge on any atom is 0.338 e. The van der Waals surface area contributed by atoms with E-state index in [1.165, 1.54) is 11.3 Å². The molecule has 0 N–H and O–H groups in total. The topological polar surface area (TPSA) is 70.5 Å². The molecule has 156 valence electrons. The molecule has 2 aromatic heterocycles. The first kappa shape index (κ1) is 20.6. The van der Waals surface area contributed by atoms with Crippen LogP contribution in [0.15, 0.2) is 83.8 Å². The van der Waals surface area contributed by atoms with Gasteiger partial charge in [-0.3, -0.25) is 4.98 Å². The second kappa shape index (κ2) is 10.4. The molecule has 0 aliphatic rings. The first-order chi connectivity index (χ1) is 15.3. The fourth-order valence-electron chi connectivity index (χ4n) is 2.73. The fourth-order valence-corrected chi connectivity index (χ4v) is 3.28. The number of aromatic nitrogens is 2. The van der Waals surface area contributed by atoms with Gasteiger partial charge in [-0.1, -0.05) is 24.3 Å². The minimum absolute atomic E-state index is 0.170. The van der Waals surface area contributed by atoms with Crippen LogP contribution in [0.5, 0.6) is 11.5 Å². The number of nitrogens with zero attached hydrogens (tertiary/aromatic N) is 2. The van der Waals surface area contributed by atoms with Gasteiger partial charge in [0.2, 0.25) is 0 Å². The lowest BCUT2D eigenvalue weighted by Gasteiger charge is -2.09. The average Bonchev–Trinajstić information content (AvgIpc) is 3.35. The van der Waals surface area contributed by atoms with Crippen molar-refractivity contribution in [1.29, 1.82) is 0 Å². The van der Waals surface area contributed by atoms with E-state index in [4.69, 9.17) is 14.2 Å². The van der Waals surface area contributed by atoms with Crippen LogP contribution in [0.1, 0.15) is 27.3 Å². The van der Waals surface area contributed by atoms with Crippen molar-refractivity contribution in [2.75, 3.05) is 0 Å². The molecule has 0 radical (unpaired) electrons. The summed E-state index contributed by atoms with van der Waals surface area (Å²) in [5.41, 5.74) is 4.77. The van der Waals surface area contributed by atoms with Crippen LogP contribution in [0, 0.1) is 0 Å². The highest BCUT2D eigenvalue weighted by molar-refractivity contribution is 7.07. The van der Waals surface area contributed by atoms with Crippen molar-refractivity contribution in [3.63, 3.8) is 0 Å². The van der Waals surface area contributed by atoms with Gasteiger partial charge < -0.3 is 14.2 Å². The van der Waals surface area contributed by atoms with E-state index < -0.39 is 5.97 Å². The number of thiazole rings is 1. The van der Waals surface area contributed by atoms with E-state index in [-0.39, 0.29) is 6.61 Å². The molecule has 2 heterocycles. The zero-order chi connectivity index (χ0) is 21.3. The first-order valence-corrected chi connectivity index (χ1v) is 10.6. The average molecular weight is 433 g/mol. The molecule has 6 nitrogen and oxygen atoms in total. The lowest BCUT2D eigenvalue weighted by Crippen LogP contribution is -2.06. The van der Waals surface area contributed by atoms with Crippen molar-refractivity contribution < 1.29 is 19.0 Å². The van der Waals surface area contributed by atoms with E-state index in [2.05, 4.69) is 9.97 Å². The van der Waals surface area contributed by atoms with Crippen LogP contribution in [0.25, 0.3) is 0 Å². The van der Waals surface area contributed by atoms with Gasteiger partial charge in [0.1, 0.15) is 31.3 Å². The minimum Gasteiger partial charge on any atom is -0.487 e. The Morgan fingerprint density at radius 2 is 1.65 bits per heavy atom. The van der Waals surface area contributed by atoms with Crippen LogP contribution in [0.3, 0.4) is 0 Å². The Kier molecular flexibility index (Phi) is 6.87. The standard InChI is InChI=1S/C24H20N2O4S/c27-24(19-4-3-6-23(12-19)29-15-21-16-31-17-26-21)30-13-18-7-9-22(10-8-18)28-14-20-5-1-2-11-25-20/h1-12,16-17H,13-15H2. The Balaban J connectivity index is 1.26. The van der Waals surface area contributed by atoms with Crippen molar-refractivity contribution in [1.82, 2.24) is 9.97 Å². The van der Waals surface area contributed by atoms with Gasteiger partial charge in [0.05, 0.1) is 22.5 Å². The predicted octanol–water partition coefficient (Wildman–Crippen LogP) is 5.05. The third-order valence-electron chi connectivity index (χ3n) is 4.35. The number of esters is 1. The van der Waals surface area contributed by atoms with Crippen molar-refractivity contribution in [3.8, 4) is 11.5 Å². The number of carbonyl (C=O) groups excluding carboxylic acids is 1. The Labute approximate surface area is 184 Å². The summed E-state index contributed by atoms with van der Waals surface area (Å²) in [6.45, 7) is 0.927. The minimum atomic E-state index is -0.408. The van der Waals surface area contributed by atoms with E-state index in [0.717, 1.165) is 22.7 Å². The van der Waals surface area contributed by atoms with Crippen molar-refractivity contribution in [2.45, 2.75) is 19.8 Å². The van der Waals surface area contributed by atoms with Crippen molar-refractivity contribution in [2.24, 2.45) is 0 Å². The molecule has 4 rings (SSSR count). The second-order valence-corrected chi connectivity index (χ2v) is 7.34. The highest BCUT2D eigenvalue weighted by atomic mass is 32.1. The molecule has 0 atom stereocenters. The summed E-state index contributed by atoms with van der Waals surface area (Å²) in [6.07, 6.45) is 1.73. The second-order valence-electron chi connectivity index (χ2n) is 6.63. The third kappa shape index (κ3) is 6.13. The summed E-state index contributed by atoms with van der Waals surface area (Å²) in [6, 6.07) is 20.1. The lowest BCUT2D eigenvalue weighted by molar-refractivity contribution is 0.0472. The highest BCUT2D eigenvalue weighted by Crippen LogP contribution is 2.18. The van der Waals surface area contributed by atoms with Gasteiger partial charge in [0.15, 0.2) is 0 Å². The summed E-state index contributed by atoms with van der Waals surface area (Å²) in [7, 11) is 0. The van der Waals surface area contributed by atoms with Crippen molar-refractivity contribution >= 4 is 17.3 Å². The monoisotopic (exact) mass is 432 g/mol. The number of hydrogen-bond donors (Lipinski definition) is 0. The number of pyridine rings is 1. The lowest BCUT2D eigenvalue weighted by atomic mass is 10.2. The van der Waals surface area contributed by atoms with Gasteiger partial charge >= 0.3 is 5.97 Å². The van der Waals surface area contributed by atoms with Gasteiger partial charge in [-0.15, -0.1) is 11.3 Å². The zero-order valence-electron chi connectivity index (χ0n) is 16.6. The van der Waals surface area contributed by atoms with Gasteiger partial charge in [-0.25, -0.2) is 9.78 Å². The maximum atomic E-state index is 12.4. The Hall–Kier alpha value is -3.71. The van der Waals surface area contributed by atoms with E-state index in [0.29, 0.717) is 24.5 Å². The van der Waals surface area contributed by atoms with E-state index in [1.807, 2.05) is 47.8 Å². The summed E-state index contributed by atoms with van der Waals surface area (Å²) >= 11 is 1.51. The van der Waals surface area contributed by atoms with Crippen LogP contribution in [-0.4, -0.2) is 15.9 Å². The normalized spacial score (nSPS) is 10.5. The quantitative estimate of drug-likeness (QED) is 0.345. The molecule has 0 aliphatic heterocycles. The summed E-state index contributed by atoms with van der Waals surface area (Å²) in [5, 5.41) is 1.92. The molecule has 0 unspecified atom stereocenters. The molecule has 0 amide bonds. The van der Waals surface area contributed by atoms with E-state index in [9.17, 15) is 4.79 Å². The Morgan fingerprint density at radius 1 is 0.806 bits per heavy atom. The molecule has 0 spiro atoms. The molecule has 0 fully saturated rings. The van der Waals surface area contributed by atoms with Crippen LogP contribution >= 0.6 is 11.3 Å². The summed E-state index contributed by atoms with van der Waals surface area (Å²) in [4.78, 5) is 20.8. The molecule has 0 aliphatic carbocycles. The molecule has 0 saturated heterocycles. The number of ether oxygens (including phenoxy) is 3. The molecule has 0 bridgehead atoms. The van der Waals surface area contributed by atoms with E-state index in [1.54, 1.807) is 36.0 Å². The van der Waals surface area contributed by atoms with Crippen LogP contribution < -0.4 is 9.47 Å². The SMILES string of the molecule is O=C(OCc1ccc(OCc2ccccn2)cc1)c1cccc(OCc2cscn2)c1. The number of benzene rings is 2. The molecular formula is C24H20N2O4S. The van der Waals surface area contributed by atoms with Crippen LogP contribution in [0.2, 0.25) is 0 Å². The molecule has 2 aromatic carbocycles. The van der Waals surface area contributed by atoms with Gasteiger partial charge in [0.25, 0.3) is 0 Å². The Morgan fingerprint density at radius 3 is 2.42 bits per heavy atom. The molecule has 7 heteroatoms. The number of hydrogen-bond acceptors (Lipinski definition) is 7. The molecular weight excluding hydrogens is 412 g/mol. The maximum absolute atomic E-state index is 12.4. The van der Waals surface area contributed by atoms with Gasteiger partial charge in [0, 0.05) is 11.6 Å². The fraction of sp³-hybridized carbons (Fsp3) is 0.125. The number of carbonyl (C=O) groups is 1. The van der Waals surface area contributed by atoms with Crippen LogP contribution in [0.4, 0.5) is 0 Å². The van der Waals surface area contributed by atoms with Crippen LogP contribution in [-0.2, 0) is 24.6 Å². The summed E-state index contributed by atoms with van der Waals surface area (Å²) < 4.78 is 16.8. The van der Waals surface area contributed by atoms with E-state index >= 15 is 0 Å². The molecule has 31 heavy (non-hydrogen) atoms. The van der Waals surface area contributed by atoms with Gasteiger partial charge in [-0.05, 0) is 48.0 Å². The molecule has 0 saturated carbocycles.